The van der Waals surface area contributed by atoms with Crippen LogP contribution in [0.1, 0.15) is 5.56 Å². The minimum absolute atomic E-state index is 0.143. The van der Waals surface area contributed by atoms with Gasteiger partial charge in [0.15, 0.2) is 5.75 Å². The van der Waals surface area contributed by atoms with Crippen LogP contribution in [0.4, 0.5) is 11.4 Å². The maximum absolute atomic E-state index is 11.8. The monoisotopic (exact) mass is 392 g/mol. The molecule has 0 heterocycles. The summed E-state index contributed by atoms with van der Waals surface area (Å²) < 4.78 is 4.84. The molecular formula is C16H13ClN4O6. The number of nitrogens with one attached hydrogen (secondary N) is 2. The SMILES string of the molecule is COc1cc(/C=N\NC(=O)C(=O)Nc2cccc(Cl)c2)cc([N+](=O)[O-])c1O. The largest absolute Gasteiger partial charge is 0.500 e. The Morgan fingerprint density at radius 3 is 2.67 bits per heavy atom. The molecule has 0 aliphatic heterocycles. The quantitative estimate of drug-likeness (QED) is 0.307. The normalized spacial score (nSPS) is 10.4. The average molecular weight is 393 g/mol. The third-order valence-corrected chi connectivity index (χ3v) is 3.40. The number of amides is 2. The number of hydrogen-bond donors (Lipinski definition) is 3. The van der Waals surface area contributed by atoms with Crippen molar-refractivity contribution in [3.8, 4) is 11.5 Å². The number of halogens is 1. The van der Waals surface area contributed by atoms with Gasteiger partial charge in [0.2, 0.25) is 5.75 Å². The zero-order chi connectivity index (χ0) is 20.0. The lowest BCUT2D eigenvalue weighted by atomic mass is 10.2. The summed E-state index contributed by atoms with van der Waals surface area (Å²) >= 11 is 5.78. The fourth-order valence-electron chi connectivity index (χ4n) is 1.95. The van der Waals surface area contributed by atoms with Crippen LogP contribution in [0.15, 0.2) is 41.5 Å². The van der Waals surface area contributed by atoms with E-state index in [2.05, 4.69) is 10.4 Å². The minimum Gasteiger partial charge on any atom is -0.500 e. The highest BCUT2D eigenvalue weighted by Gasteiger charge is 2.19. The Hall–Kier alpha value is -3.66. The second kappa shape index (κ2) is 8.63. The van der Waals surface area contributed by atoms with Gasteiger partial charge in [-0.1, -0.05) is 17.7 Å². The summed E-state index contributed by atoms with van der Waals surface area (Å²) in [5, 5.41) is 26.9. The highest BCUT2D eigenvalue weighted by Crippen LogP contribution is 2.36. The number of phenolic OH excluding ortho intramolecular Hbond substituents is 1. The van der Waals surface area contributed by atoms with Crippen LogP contribution in [0, 0.1) is 10.1 Å². The fraction of sp³-hybridized carbons (Fsp3) is 0.0625. The van der Waals surface area contributed by atoms with Crippen molar-refractivity contribution >= 4 is 41.0 Å². The number of nitro benzene ring substituents is 1. The van der Waals surface area contributed by atoms with E-state index in [4.69, 9.17) is 16.3 Å². The topological polar surface area (TPSA) is 143 Å². The minimum atomic E-state index is -1.06. The Kier molecular flexibility index (Phi) is 6.28. The van der Waals surface area contributed by atoms with Crippen molar-refractivity contribution in [2.45, 2.75) is 0 Å². The molecule has 2 aromatic rings. The Balaban J connectivity index is 2.06. The number of carbonyl (C=O) groups excluding carboxylic acids is 2. The van der Waals surface area contributed by atoms with E-state index in [0.29, 0.717) is 10.7 Å². The summed E-state index contributed by atoms with van der Waals surface area (Å²) in [6, 6.07) is 8.50. The van der Waals surface area contributed by atoms with Gasteiger partial charge in [-0.15, -0.1) is 0 Å². The number of methoxy groups -OCH3 is 1. The molecule has 0 unspecified atom stereocenters. The van der Waals surface area contributed by atoms with Crippen molar-refractivity contribution in [2.75, 3.05) is 12.4 Å². The van der Waals surface area contributed by atoms with E-state index >= 15 is 0 Å². The van der Waals surface area contributed by atoms with Crippen LogP contribution in [0.25, 0.3) is 0 Å². The number of hydrazone groups is 1. The van der Waals surface area contributed by atoms with Gasteiger partial charge in [0.25, 0.3) is 0 Å². The molecule has 0 bridgehead atoms. The van der Waals surface area contributed by atoms with Crippen LogP contribution in [0.5, 0.6) is 11.5 Å². The lowest BCUT2D eigenvalue weighted by molar-refractivity contribution is -0.386. The van der Waals surface area contributed by atoms with E-state index in [9.17, 15) is 24.8 Å². The van der Waals surface area contributed by atoms with Crippen LogP contribution in [-0.4, -0.2) is 35.2 Å². The van der Waals surface area contributed by atoms with Crippen LogP contribution >= 0.6 is 11.6 Å². The lowest BCUT2D eigenvalue weighted by Gasteiger charge is -2.05. The maximum Gasteiger partial charge on any atom is 0.329 e. The number of carbonyl (C=O) groups is 2. The van der Waals surface area contributed by atoms with E-state index in [1.54, 1.807) is 18.2 Å². The molecule has 140 valence electrons. The van der Waals surface area contributed by atoms with Gasteiger partial charge in [0.05, 0.1) is 18.2 Å². The van der Waals surface area contributed by atoms with Crippen molar-refractivity contribution in [1.29, 1.82) is 0 Å². The van der Waals surface area contributed by atoms with Gasteiger partial charge in [0, 0.05) is 22.3 Å². The molecule has 27 heavy (non-hydrogen) atoms. The molecule has 10 nitrogen and oxygen atoms in total. The first-order valence-electron chi connectivity index (χ1n) is 7.27. The first-order chi connectivity index (χ1) is 12.8. The average Bonchev–Trinajstić information content (AvgIpc) is 2.62. The molecular weight excluding hydrogens is 380 g/mol. The predicted octanol–water partition coefficient (Wildman–Crippen LogP) is 2.05. The van der Waals surface area contributed by atoms with Gasteiger partial charge in [-0.25, -0.2) is 5.43 Å². The molecule has 0 radical (unpaired) electrons. The van der Waals surface area contributed by atoms with Gasteiger partial charge in [-0.3, -0.25) is 19.7 Å². The zero-order valence-corrected chi connectivity index (χ0v) is 14.6. The molecule has 0 spiro atoms. The van der Waals surface area contributed by atoms with E-state index in [1.807, 2.05) is 5.43 Å². The highest BCUT2D eigenvalue weighted by molar-refractivity contribution is 6.39. The Bertz CT molecular complexity index is 931. The zero-order valence-electron chi connectivity index (χ0n) is 13.8. The van der Waals surface area contributed by atoms with E-state index in [-0.39, 0.29) is 11.3 Å². The molecule has 2 aromatic carbocycles. The van der Waals surface area contributed by atoms with Crippen molar-refractivity contribution < 1.29 is 24.4 Å². The number of nitro groups is 1. The Morgan fingerprint density at radius 2 is 2.04 bits per heavy atom. The first kappa shape index (κ1) is 19.7. The van der Waals surface area contributed by atoms with Gasteiger partial charge >= 0.3 is 17.5 Å². The number of rotatable bonds is 5. The number of anilines is 1. The summed E-state index contributed by atoms with van der Waals surface area (Å²) in [6.07, 6.45) is 1.06. The molecule has 0 aliphatic carbocycles. The van der Waals surface area contributed by atoms with Crippen LogP contribution in [0.3, 0.4) is 0 Å². The van der Waals surface area contributed by atoms with Crippen LogP contribution in [-0.2, 0) is 9.59 Å². The molecule has 0 saturated carbocycles. The summed E-state index contributed by atoms with van der Waals surface area (Å²) in [4.78, 5) is 33.6. The van der Waals surface area contributed by atoms with Crippen molar-refractivity contribution in [3.05, 3.63) is 57.1 Å². The number of nitrogens with zero attached hydrogens (tertiary/aromatic N) is 2. The number of phenols is 1. The van der Waals surface area contributed by atoms with Crippen LogP contribution in [0.2, 0.25) is 5.02 Å². The van der Waals surface area contributed by atoms with Crippen molar-refractivity contribution in [1.82, 2.24) is 5.43 Å². The summed E-state index contributed by atoms with van der Waals surface area (Å²) in [5.74, 6) is -2.82. The lowest BCUT2D eigenvalue weighted by Crippen LogP contribution is -2.32. The second-order valence-electron chi connectivity index (χ2n) is 5.01. The molecule has 0 fully saturated rings. The number of hydrogen-bond acceptors (Lipinski definition) is 7. The molecule has 0 atom stereocenters. The third-order valence-electron chi connectivity index (χ3n) is 3.16. The Morgan fingerprint density at radius 1 is 1.30 bits per heavy atom. The Labute approximate surface area is 157 Å². The summed E-state index contributed by atoms with van der Waals surface area (Å²) in [6.45, 7) is 0. The number of ether oxygens (including phenoxy) is 1. The van der Waals surface area contributed by atoms with Gasteiger partial charge in [-0.05, 0) is 24.3 Å². The maximum atomic E-state index is 11.8. The van der Waals surface area contributed by atoms with Crippen molar-refractivity contribution in [3.63, 3.8) is 0 Å². The molecule has 3 N–H and O–H groups in total. The smallest absolute Gasteiger partial charge is 0.329 e. The third kappa shape index (κ3) is 5.16. The van der Waals surface area contributed by atoms with Crippen molar-refractivity contribution in [2.24, 2.45) is 5.10 Å². The van der Waals surface area contributed by atoms with Gasteiger partial charge in [-0.2, -0.15) is 5.10 Å². The summed E-state index contributed by atoms with van der Waals surface area (Å²) in [7, 11) is 1.22. The molecule has 0 aliphatic rings. The number of aromatic hydroxyl groups is 1. The molecule has 11 heteroatoms. The fourth-order valence-corrected chi connectivity index (χ4v) is 2.14. The van der Waals surface area contributed by atoms with E-state index in [0.717, 1.165) is 12.3 Å². The van der Waals surface area contributed by atoms with Crippen LogP contribution < -0.4 is 15.5 Å². The van der Waals surface area contributed by atoms with Gasteiger partial charge in [0.1, 0.15) is 0 Å². The molecule has 2 rings (SSSR count). The first-order valence-corrected chi connectivity index (χ1v) is 7.65. The van der Waals surface area contributed by atoms with Gasteiger partial charge < -0.3 is 15.2 Å². The summed E-state index contributed by atoms with van der Waals surface area (Å²) in [5.41, 5.74) is 1.87. The number of benzene rings is 2. The molecule has 0 aromatic heterocycles. The predicted molar refractivity (Wildman–Crippen MR) is 97.1 cm³/mol. The molecule has 2 amide bonds. The standard InChI is InChI=1S/C16H13ClN4O6/c1-27-13-6-9(5-12(14(13)22)21(25)26)8-18-20-16(24)15(23)19-11-4-2-3-10(17)7-11/h2-8,22H,1H3,(H,19,23)(H,20,24)/b18-8-. The van der Waals surface area contributed by atoms with E-state index in [1.165, 1.54) is 19.2 Å². The second-order valence-corrected chi connectivity index (χ2v) is 5.45. The molecule has 0 saturated heterocycles. The highest BCUT2D eigenvalue weighted by atomic mass is 35.5. The van der Waals surface area contributed by atoms with E-state index < -0.39 is 28.2 Å².